The van der Waals surface area contributed by atoms with Gasteiger partial charge in [-0.05, 0) is 36.8 Å². The van der Waals surface area contributed by atoms with Gasteiger partial charge in [-0.1, -0.05) is 29.8 Å². The van der Waals surface area contributed by atoms with E-state index in [9.17, 15) is 9.59 Å². The Morgan fingerprint density at radius 3 is 2.61 bits per heavy atom. The SMILES string of the molecule is COC(=O)c1ccccc1OCC(=O)Nc1ccc(C)c(Cl)c1. The zero-order chi connectivity index (χ0) is 16.8. The summed E-state index contributed by atoms with van der Waals surface area (Å²) in [5, 5.41) is 3.25. The van der Waals surface area contributed by atoms with Gasteiger partial charge in [0.2, 0.25) is 0 Å². The smallest absolute Gasteiger partial charge is 0.341 e. The number of halogens is 1. The molecule has 120 valence electrons. The number of carbonyl (C=O) groups excluding carboxylic acids is 2. The third kappa shape index (κ3) is 4.47. The van der Waals surface area contributed by atoms with Crippen molar-refractivity contribution in [1.29, 1.82) is 0 Å². The molecule has 1 N–H and O–H groups in total. The molecular formula is C17H16ClNO4. The summed E-state index contributed by atoms with van der Waals surface area (Å²) in [6.07, 6.45) is 0. The summed E-state index contributed by atoms with van der Waals surface area (Å²) in [6, 6.07) is 11.8. The molecule has 5 nitrogen and oxygen atoms in total. The third-order valence-electron chi connectivity index (χ3n) is 3.11. The first kappa shape index (κ1) is 16.8. The quantitative estimate of drug-likeness (QED) is 0.851. The van der Waals surface area contributed by atoms with E-state index < -0.39 is 5.97 Å². The molecule has 0 radical (unpaired) electrons. The molecule has 6 heteroatoms. The van der Waals surface area contributed by atoms with Crippen LogP contribution in [0.2, 0.25) is 5.02 Å². The lowest BCUT2D eigenvalue weighted by molar-refractivity contribution is -0.118. The summed E-state index contributed by atoms with van der Waals surface area (Å²) in [4.78, 5) is 23.6. The van der Waals surface area contributed by atoms with E-state index in [1.165, 1.54) is 7.11 Å². The van der Waals surface area contributed by atoms with E-state index in [4.69, 9.17) is 16.3 Å². The lowest BCUT2D eigenvalue weighted by Crippen LogP contribution is -2.21. The summed E-state index contributed by atoms with van der Waals surface area (Å²) in [5.41, 5.74) is 1.77. The van der Waals surface area contributed by atoms with Crippen LogP contribution in [0, 0.1) is 6.92 Å². The van der Waals surface area contributed by atoms with Crippen molar-refractivity contribution in [3.05, 3.63) is 58.6 Å². The summed E-state index contributed by atoms with van der Waals surface area (Å²) < 4.78 is 10.1. The number of amides is 1. The van der Waals surface area contributed by atoms with E-state index in [2.05, 4.69) is 10.1 Å². The first-order chi connectivity index (χ1) is 11.0. The van der Waals surface area contributed by atoms with Crippen LogP contribution >= 0.6 is 11.6 Å². The average molecular weight is 334 g/mol. The second kappa shape index (κ2) is 7.65. The fourth-order valence-corrected chi connectivity index (χ4v) is 2.06. The second-order valence-corrected chi connectivity index (χ2v) is 5.20. The van der Waals surface area contributed by atoms with Crippen LogP contribution in [0.25, 0.3) is 0 Å². The van der Waals surface area contributed by atoms with E-state index >= 15 is 0 Å². The second-order valence-electron chi connectivity index (χ2n) is 4.79. The first-order valence-corrected chi connectivity index (χ1v) is 7.25. The van der Waals surface area contributed by atoms with Crippen molar-refractivity contribution in [2.24, 2.45) is 0 Å². The molecule has 0 saturated heterocycles. The molecule has 2 aromatic carbocycles. The fourth-order valence-electron chi connectivity index (χ4n) is 1.88. The van der Waals surface area contributed by atoms with Crippen LogP contribution in [0.1, 0.15) is 15.9 Å². The monoisotopic (exact) mass is 333 g/mol. The minimum Gasteiger partial charge on any atom is -0.483 e. The van der Waals surface area contributed by atoms with Crippen molar-refractivity contribution in [3.63, 3.8) is 0 Å². The first-order valence-electron chi connectivity index (χ1n) is 6.87. The average Bonchev–Trinajstić information content (AvgIpc) is 2.56. The Balaban J connectivity index is 1.99. The molecule has 0 atom stereocenters. The zero-order valence-corrected chi connectivity index (χ0v) is 13.5. The van der Waals surface area contributed by atoms with Crippen LogP contribution in [0.5, 0.6) is 5.75 Å². The standard InChI is InChI=1S/C17H16ClNO4/c1-11-7-8-12(9-14(11)18)19-16(20)10-23-15-6-4-3-5-13(15)17(21)22-2/h3-9H,10H2,1-2H3,(H,19,20). The maximum Gasteiger partial charge on any atom is 0.341 e. The maximum absolute atomic E-state index is 11.9. The van der Waals surface area contributed by atoms with Crippen molar-refractivity contribution in [1.82, 2.24) is 0 Å². The lowest BCUT2D eigenvalue weighted by Gasteiger charge is -2.11. The van der Waals surface area contributed by atoms with Crippen LogP contribution in [0.4, 0.5) is 5.69 Å². The summed E-state index contributed by atoms with van der Waals surface area (Å²) in [5.74, 6) is -0.590. The summed E-state index contributed by atoms with van der Waals surface area (Å²) in [7, 11) is 1.28. The maximum atomic E-state index is 11.9. The van der Waals surface area contributed by atoms with Gasteiger partial charge in [-0.15, -0.1) is 0 Å². The number of ether oxygens (including phenoxy) is 2. The number of anilines is 1. The molecule has 0 unspecified atom stereocenters. The van der Waals surface area contributed by atoms with E-state index in [0.717, 1.165) is 5.56 Å². The number of aryl methyl sites for hydroxylation is 1. The highest BCUT2D eigenvalue weighted by Crippen LogP contribution is 2.21. The topological polar surface area (TPSA) is 64.6 Å². The third-order valence-corrected chi connectivity index (χ3v) is 3.51. The van der Waals surface area contributed by atoms with Gasteiger partial charge in [-0.2, -0.15) is 0 Å². The van der Waals surface area contributed by atoms with Gasteiger partial charge in [0.05, 0.1) is 7.11 Å². The van der Waals surface area contributed by atoms with E-state index in [1.807, 2.05) is 13.0 Å². The highest BCUT2D eigenvalue weighted by Gasteiger charge is 2.13. The Morgan fingerprint density at radius 1 is 1.17 bits per heavy atom. The fraction of sp³-hybridized carbons (Fsp3) is 0.176. The van der Waals surface area contributed by atoms with Crippen LogP contribution in [0.15, 0.2) is 42.5 Å². The molecule has 0 saturated carbocycles. The predicted molar refractivity (Wildman–Crippen MR) is 88.1 cm³/mol. The molecule has 0 aliphatic rings. The van der Waals surface area contributed by atoms with Crippen LogP contribution in [-0.4, -0.2) is 25.6 Å². The van der Waals surface area contributed by atoms with E-state index in [0.29, 0.717) is 10.7 Å². The number of hydrogen-bond acceptors (Lipinski definition) is 4. The number of hydrogen-bond donors (Lipinski definition) is 1. The summed E-state index contributed by atoms with van der Waals surface area (Å²) in [6.45, 7) is 1.64. The molecule has 0 fully saturated rings. The zero-order valence-electron chi connectivity index (χ0n) is 12.8. The molecule has 23 heavy (non-hydrogen) atoms. The van der Waals surface area contributed by atoms with E-state index in [1.54, 1.807) is 36.4 Å². The van der Waals surface area contributed by atoms with Crippen LogP contribution in [-0.2, 0) is 9.53 Å². The lowest BCUT2D eigenvalue weighted by atomic mass is 10.2. The predicted octanol–water partition coefficient (Wildman–Crippen LogP) is 3.45. The number of carbonyl (C=O) groups is 2. The van der Waals surface area contributed by atoms with Gasteiger partial charge < -0.3 is 14.8 Å². The highest BCUT2D eigenvalue weighted by atomic mass is 35.5. The van der Waals surface area contributed by atoms with Crippen molar-refractivity contribution >= 4 is 29.2 Å². The largest absolute Gasteiger partial charge is 0.483 e. The van der Waals surface area contributed by atoms with Gasteiger partial charge in [0.15, 0.2) is 6.61 Å². The van der Waals surface area contributed by atoms with Crippen LogP contribution < -0.4 is 10.1 Å². The van der Waals surface area contributed by atoms with Gasteiger partial charge >= 0.3 is 5.97 Å². The number of para-hydroxylation sites is 1. The van der Waals surface area contributed by atoms with Gasteiger partial charge in [0, 0.05) is 10.7 Å². The highest BCUT2D eigenvalue weighted by molar-refractivity contribution is 6.31. The van der Waals surface area contributed by atoms with Crippen molar-refractivity contribution < 1.29 is 19.1 Å². The Hall–Kier alpha value is -2.53. The molecule has 0 aliphatic heterocycles. The molecule has 0 spiro atoms. The molecule has 0 heterocycles. The Labute approximate surface area is 139 Å². The number of methoxy groups -OCH3 is 1. The number of esters is 1. The van der Waals surface area contributed by atoms with Crippen molar-refractivity contribution in [2.45, 2.75) is 6.92 Å². The van der Waals surface area contributed by atoms with Gasteiger partial charge in [-0.3, -0.25) is 4.79 Å². The Bertz CT molecular complexity index is 730. The molecule has 2 aromatic rings. The molecular weight excluding hydrogens is 318 g/mol. The van der Waals surface area contributed by atoms with E-state index in [-0.39, 0.29) is 23.8 Å². The van der Waals surface area contributed by atoms with Crippen LogP contribution in [0.3, 0.4) is 0 Å². The van der Waals surface area contributed by atoms with Crippen molar-refractivity contribution in [2.75, 3.05) is 19.0 Å². The summed E-state index contributed by atoms with van der Waals surface area (Å²) >= 11 is 6.01. The Kier molecular flexibility index (Phi) is 5.60. The number of benzene rings is 2. The van der Waals surface area contributed by atoms with Gasteiger partial charge in [-0.25, -0.2) is 4.79 Å². The minimum atomic E-state index is -0.522. The van der Waals surface area contributed by atoms with Crippen molar-refractivity contribution in [3.8, 4) is 5.75 Å². The van der Waals surface area contributed by atoms with Gasteiger partial charge in [0.25, 0.3) is 5.91 Å². The molecule has 1 amide bonds. The van der Waals surface area contributed by atoms with Gasteiger partial charge in [0.1, 0.15) is 11.3 Å². The minimum absolute atomic E-state index is 0.237. The number of rotatable bonds is 5. The molecule has 0 aliphatic carbocycles. The Morgan fingerprint density at radius 2 is 1.91 bits per heavy atom. The molecule has 0 bridgehead atoms. The molecule has 2 rings (SSSR count). The number of nitrogens with one attached hydrogen (secondary N) is 1. The molecule has 0 aromatic heterocycles. The normalized spacial score (nSPS) is 10.0.